The number of pyridine rings is 1. The van der Waals surface area contributed by atoms with Crippen LogP contribution in [0.2, 0.25) is 0 Å². The summed E-state index contributed by atoms with van der Waals surface area (Å²) in [7, 11) is 3.98. The Morgan fingerprint density at radius 2 is 1.79 bits per heavy atom. The molecule has 2 N–H and O–H groups in total. The zero-order chi connectivity index (χ0) is 28.0. The third kappa shape index (κ3) is 7.65. The van der Waals surface area contributed by atoms with Gasteiger partial charge in [0.1, 0.15) is 6.04 Å². The van der Waals surface area contributed by atoms with Gasteiger partial charge in [-0.25, -0.2) is 0 Å². The van der Waals surface area contributed by atoms with Crippen molar-refractivity contribution in [3.05, 3.63) is 80.6 Å². The van der Waals surface area contributed by atoms with Crippen molar-refractivity contribution in [3.63, 3.8) is 0 Å². The topological polar surface area (TPSA) is 91.6 Å². The van der Waals surface area contributed by atoms with Crippen LogP contribution in [0.3, 0.4) is 0 Å². The van der Waals surface area contributed by atoms with Crippen LogP contribution in [-0.4, -0.2) is 47.1 Å². The number of carbonyl (C=O) groups excluding carboxylic acids is 1. The molecule has 0 unspecified atom stereocenters. The summed E-state index contributed by atoms with van der Waals surface area (Å²) in [5, 5.41) is 14.5. The van der Waals surface area contributed by atoms with Crippen molar-refractivity contribution in [3.8, 4) is 10.4 Å². The van der Waals surface area contributed by atoms with E-state index >= 15 is 0 Å². The summed E-state index contributed by atoms with van der Waals surface area (Å²) < 4.78 is 1.51. The smallest absolute Gasteiger partial charge is 0.305 e. The lowest BCUT2D eigenvalue weighted by Crippen LogP contribution is -2.40. The number of aliphatic carboxylic acids is 1. The quantitative estimate of drug-likeness (QED) is 0.331. The fourth-order valence-corrected chi connectivity index (χ4v) is 5.79. The number of nitrogens with zero attached hydrogens (tertiary/aromatic N) is 2. The van der Waals surface area contributed by atoms with Gasteiger partial charge >= 0.3 is 5.97 Å². The van der Waals surface area contributed by atoms with Crippen molar-refractivity contribution in [1.82, 2.24) is 14.8 Å². The number of amides is 1. The number of aryl methyl sites for hydroxylation is 2. The van der Waals surface area contributed by atoms with E-state index in [0.29, 0.717) is 6.42 Å². The van der Waals surface area contributed by atoms with Crippen molar-refractivity contribution < 1.29 is 14.7 Å². The molecule has 0 aliphatic heterocycles. The summed E-state index contributed by atoms with van der Waals surface area (Å²) >= 11 is 1.54. The molecule has 0 aliphatic rings. The van der Waals surface area contributed by atoms with Crippen molar-refractivity contribution >= 4 is 23.2 Å². The molecule has 204 valence electrons. The van der Waals surface area contributed by atoms with Crippen LogP contribution in [0.15, 0.2) is 52.8 Å². The number of carboxylic acids is 1. The van der Waals surface area contributed by atoms with Crippen molar-refractivity contribution in [2.45, 2.75) is 59.0 Å². The van der Waals surface area contributed by atoms with Gasteiger partial charge < -0.3 is 19.9 Å². The van der Waals surface area contributed by atoms with Gasteiger partial charge in [0.25, 0.3) is 5.56 Å². The maximum Gasteiger partial charge on any atom is 0.305 e. The number of thiophene rings is 1. The molecule has 3 aromatic rings. The summed E-state index contributed by atoms with van der Waals surface area (Å²) in [5.41, 5.74) is 4.88. The molecule has 3 rings (SSSR count). The molecule has 0 radical (unpaired) electrons. The van der Waals surface area contributed by atoms with Crippen molar-refractivity contribution in [1.29, 1.82) is 0 Å². The molecule has 1 aromatic carbocycles. The third-order valence-corrected chi connectivity index (χ3v) is 7.59. The van der Waals surface area contributed by atoms with Crippen LogP contribution in [0, 0.1) is 19.8 Å². The molecule has 2 atom stereocenters. The Morgan fingerprint density at radius 3 is 2.39 bits per heavy atom. The third-order valence-electron chi connectivity index (χ3n) is 6.63. The standard InChI is InChI=1S/C30H39N3O4S/c1-19(2)14-25(33-17-22(10-11-27(33)34)12-13-32(5)6)30(37)31-24(16-28(35)36)23-15-26(38-18-23)29-20(3)8-7-9-21(29)4/h7-11,15,17-19,24-25H,12-14,16H2,1-6H3,(H,31,37)(H,35,36)/t24-,25-/m0/s1. The molecular formula is C30H39N3O4S. The Balaban J connectivity index is 1.93. The minimum absolute atomic E-state index is 0.151. The first-order valence-electron chi connectivity index (χ1n) is 13.0. The van der Waals surface area contributed by atoms with Crippen LogP contribution in [0.4, 0.5) is 0 Å². The van der Waals surface area contributed by atoms with E-state index < -0.39 is 18.1 Å². The van der Waals surface area contributed by atoms with Gasteiger partial charge in [-0.3, -0.25) is 14.4 Å². The first kappa shape index (κ1) is 29.3. The van der Waals surface area contributed by atoms with E-state index in [1.165, 1.54) is 22.0 Å². The molecule has 2 heterocycles. The number of aromatic nitrogens is 1. The fourth-order valence-electron chi connectivity index (χ4n) is 4.65. The van der Waals surface area contributed by atoms with Crippen molar-refractivity contribution in [2.75, 3.05) is 20.6 Å². The Hall–Kier alpha value is -3.23. The molecule has 2 aromatic heterocycles. The maximum absolute atomic E-state index is 13.7. The first-order valence-corrected chi connectivity index (χ1v) is 13.9. The number of rotatable bonds is 12. The Labute approximate surface area is 229 Å². The fraction of sp³-hybridized carbons (Fsp3) is 0.433. The molecular weight excluding hydrogens is 498 g/mol. The Kier molecular flexibility index (Phi) is 10.1. The number of likely N-dealkylation sites (N-methyl/N-ethyl adjacent to an activating group) is 1. The largest absolute Gasteiger partial charge is 0.481 e. The highest BCUT2D eigenvalue weighted by atomic mass is 32.1. The predicted molar refractivity (Wildman–Crippen MR) is 154 cm³/mol. The highest BCUT2D eigenvalue weighted by Gasteiger charge is 2.27. The van der Waals surface area contributed by atoms with E-state index in [9.17, 15) is 19.5 Å². The normalized spacial score (nSPS) is 13.1. The van der Waals surface area contributed by atoms with Crippen LogP contribution >= 0.6 is 11.3 Å². The summed E-state index contributed by atoms with van der Waals surface area (Å²) in [6.45, 7) is 8.94. The highest BCUT2D eigenvalue weighted by Crippen LogP contribution is 2.35. The summed E-state index contributed by atoms with van der Waals surface area (Å²) in [5.74, 6) is -1.20. The minimum Gasteiger partial charge on any atom is -0.481 e. The molecule has 8 heteroatoms. The van der Waals surface area contributed by atoms with E-state index in [-0.39, 0.29) is 23.8 Å². The Morgan fingerprint density at radius 1 is 1.11 bits per heavy atom. The summed E-state index contributed by atoms with van der Waals surface area (Å²) in [4.78, 5) is 41.4. The molecule has 0 saturated heterocycles. The second-order valence-corrected chi connectivity index (χ2v) is 11.6. The van der Waals surface area contributed by atoms with Crippen molar-refractivity contribution in [2.24, 2.45) is 5.92 Å². The van der Waals surface area contributed by atoms with Gasteiger partial charge in [-0.15, -0.1) is 11.3 Å². The van der Waals surface area contributed by atoms with Gasteiger partial charge in [-0.2, -0.15) is 0 Å². The average molecular weight is 538 g/mol. The van der Waals surface area contributed by atoms with Gasteiger partial charge in [-0.05, 0) is 86.0 Å². The van der Waals surface area contributed by atoms with Gasteiger partial charge in [0.2, 0.25) is 5.91 Å². The Bertz CT molecular complexity index is 1300. The zero-order valence-corrected chi connectivity index (χ0v) is 24.0. The number of nitrogens with one attached hydrogen (secondary N) is 1. The minimum atomic E-state index is -1.00. The molecule has 7 nitrogen and oxygen atoms in total. The lowest BCUT2D eigenvalue weighted by atomic mass is 9.98. The zero-order valence-electron chi connectivity index (χ0n) is 23.2. The number of carboxylic acid groups (broad SMARTS) is 1. The van der Waals surface area contributed by atoms with Crippen LogP contribution in [-0.2, 0) is 16.0 Å². The predicted octanol–water partition coefficient (Wildman–Crippen LogP) is 5.22. The number of carbonyl (C=O) groups is 2. The molecule has 0 saturated carbocycles. The van der Waals surface area contributed by atoms with Gasteiger partial charge in [0.05, 0.1) is 12.5 Å². The molecule has 1 amide bonds. The SMILES string of the molecule is Cc1cccc(C)c1-c1cc([C@H](CC(=O)O)NC(=O)[C@H](CC(C)C)n2cc(CCN(C)C)ccc2=O)cs1. The van der Waals surface area contributed by atoms with E-state index in [1.807, 2.05) is 45.5 Å². The number of benzene rings is 1. The number of hydrogen-bond acceptors (Lipinski definition) is 5. The van der Waals surface area contributed by atoms with Crippen LogP contribution < -0.4 is 10.9 Å². The maximum atomic E-state index is 13.7. The molecule has 38 heavy (non-hydrogen) atoms. The molecule has 0 spiro atoms. The molecule has 0 aliphatic carbocycles. The highest BCUT2D eigenvalue weighted by molar-refractivity contribution is 7.13. The number of hydrogen-bond donors (Lipinski definition) is 2. The van der Waals surface area contributed by atoms with E-state index in [0.717, 1.165) is 45.7 Å². The van der Waals surface area contributed by atoms with E-state index in [1.54, 1.807) is 12.3 Å². The molecule has 0 fully saturated rings. The van der Waals surface area contributed by atoms with E-state index in [4.69, 9.17) is 0 Å². The van der Waals surface area contributed by atoms with E-state index in [2.05, 4.69) is 36.2 Å². The first-order chi connectivity index (χ1) is 18.0. The summed E-state index contributed by atoms with van der Waals surface area (Å²) in [6, 6.07) is 9.96. The van der Waals surface area contributed by atoms with Gasteiger partial charge in [-0.1, -0.05) is 38.1 Å². The lowest BCUT2D eigenvalue weighted by molar-refractivity contribution is -0.138. The van der Waals surface area contributed by atoms with Crippen LogP contribution in [0.5, 0.6) is 0 Å². The second kappa shape index (κ2) is 13.0. The van der Waals surface area contributed by atoms with Gasteiger partial charge in [0.15, 0.2) is 0 Å². The average Bonchev–Trinajstić information content (AvgIpc) is 3.31. The van der Waals surface area contributed by atoms with Crippen LogP contribution in [0.1, 0.15) is 61.0 Å². The second-order valence-electron chi connectivity index (χ2n) is 10.7. The summed E-state index contributed by atoms with van der Waals surface area (Å²) in [6.07, 6.45) is 2.73. The molecule has 0 bridgehead atoms. The van der Waals surface area contributed by atoms with Crippen LogP contribution in [0.25, 0.3) is 10.4 Å². The van der Waals surface area contributed by atoms with Gasteiger partial charge in [0, 0.05) is 23.7 Å². The monoisotopic (exact) mass is 537 g/mol. The lowest BCUT2D eigenvalue weighted by Gasteiger charge is -2.25.